The van der Waals surface area contributed by atoms with Crippen LogP contribution in [-0.4, -0.2) is 62.2 Å². The van der Waals surface area contributed by atoms with Crippen molar-refractivity contribution in [2.24, 2.45) is 0 Å². The van der Waals surface area contributed by atoms with Crippen molar-refractivity contribution < 1.29 is 36.9 Å². The molecule has 0 aliphatic carbocycles. The number of quaternary nitrogens is 1. The van der Waals surface area contributed by atoms with Crippen molar-refractivity contribution in [1.29, 1.82) is 0 Å². The molecule has 1 fully saturated rings. The molecule has 0 N–H and O–H groups in total. The van der Waals surface area contributed by atoms with Gasteiger partial charge in [-0.2, -0.15) is 4.31 Å². The summed E-state index contributed by atoms with van der Waals surface area (Å²) in [7, 11) is -3.02. The van der Waals surface area contributed by atoms with Gasteiger partial charge in [0.15, 0.2) is 0 Å². The average Bonchev–Trinajstić information content (AvgIpc) is 2.50. The van der Waals surface area contributed by atoms with Gasteiger partial charge in [-0.05, 0) is 20.3 Å². The number of hydrogen-bond donors (Lipinski definition) is 0. The van der Waals surface area contributed by atoms with Gasteiger partial charge in [0, 0.05) is 0 Å². The number of unbranched alkanes of at least 4 members (excludes halogenated alkanes) is 5. The minimum atomic E-state index is -3.02. The summed E-state index contributed by atoms with van der Waals surface area (Å²) in [6, 6.07) is 0. The lowest BCUT2D eigenvalue weighted by molar-refractivity contribution is -0.928. The van der Waals surface area contributed by atoms with E-state index in [4.69, 9.17) is 0 Å². The van der Waals surface area contributed by atoms with E-state index in [1.807, 2.05) is 0 Å². The SMILES string of the molecule is CCCCCCCCS(=O)(=O)N1CC[N+](CC)(CC)CC1.[I-]. The van der Waals surface area contributed by atoms with Crippen LogP contribution in [0.3, 0.4) is 0 Å². The minimum Gasteiger partial charge on any atom is -1.00 e. The molecule has 0 aromatic carbocycles. The summed E-state index contributed by atoms with van der Waals surface area (Å²) in [6.07, 6.45) is 6.80. The second-order valence-corrected chi connectivity index (χ2v) is 8.49. The monoisotopic (exact) mass is 446 g/mol. The lowest BCUT2D eigenvalue weighted by Crippen LogP contribution is -3.00. The number of nitrogens with zero attached hydrogens (tertiary/aromatic N) is 2. The van der Waals surface area contributed by atoms with Gasteiger partial charge in [0.2, 0.25) is 10.0 Å². The maximum atomic E-state index is 12.4. The highest BCUT2D eigenvalue weighted by atomic mass is 127. The van der Waals surface area contributed by atoms with E-state index in [0.29, 0.717) is 18.8 Å². The number of halogens is 1. The van der Waals surface area contributed by atoms with Gasteiger partial charge in [0.25, 0.3) is 0 Å². The highest BCUT2D eigenvalue weighted by molar-refractivity contribution is 7.89. The Bertz CT molecular complexity index is 374. The van der Waals surface area contributed by atoms with Gasteiger partial charge in [-0.25, -0.2) is 8.42 Å². The molecule has 6 heteroatoms. The first kappa shape index (κ1) is 22.6. The van der Waals surface area contributed by atoms with Crippen molar-refractivity contribution in [3.8, 4) is 0 Å². The Balaban J connectivity index is 0.00000441. The molecule has 0 saturated carbocycles. The van der Waals surface area contributed by atoms with Crippen LogP contribution in [0.25, 0.3) is 0 Å². The normalized spacial score (nSPS) is 18.9. The van der Waals surface area contributed by atoms with E-state index in [1.54, 1.807) is 4.31 Å². The molecule has 22 heavy (non-hydrogen) atoms. The Morgan fingerprint density at radius 1 is 0.864 bits per heavy atom. The molecule has 1 rings (SSSR count). The highest BCUT2D eigenvalue weighted by Gasteiger charge is 2.34. The van der Waals surface area contributed by atoms with Gasteiger partial charge in [0.1, 0.15) is 0 Å². The topological polar surface area (TPSA) is 37.4 Å². The molecule has 0 aromatic rings. The quantitative estimate of drug-likeness (QED) is 0.266. The van der Waals surface area contributed by atoms with Crippen molar-refractivity contribution in [2.75, 3.05) is 45.0 Å². The predicted octanol–water partition coefficient (Wildman–Crippen LogP) is -0.147. The third-order valence-electron chi connectivity index (χ3n) is 5.14. The molecular formula is C16H35IN2O2S. The van der Waals surface area contributed by atoms with Crippen LogP contribution in [0.5, 0.6) is 0 Å². The molecule has 0 amide bonds. The van der Waals surface area contributed by atoms with Gasteiger partial charge in [-0.3, -0.25) is 0 Å². The lowest BCUT2D eigenvalue weighted by atomic mass is 10.1. The summed E-state index contributed by atoms with van der Waals surface area (Å²) in [5.74, 6) is 0.345. The van der Waals surface area contributed by atoms with Gasteiger partial charge in [0.05, 0.1) is 45.0 Å². The number of sulfonamides is 1. The molecule has 4 nitrogen and oxygen atoms in total. The van der Waals surface area contributed by atoms with Crippen molar-refractivity contribution in [1.82, 2.24) is 4.31 Å². The highest BCUT2D eigenvalue weighted by Crippen LogP contribution is 2.16. The first-order chi connectivity index (χ1) is 9.99. The Morgan fingerprint density at radius 2 is 1.36 bits per heavy atom. The average molecular weight is 446 g/mol. The van der Waals surface area contributed by atoms with E-state index in [2.05, 4.69) is 20.8 Å². The fourth-order valence-electron chi connectivity index (χ4n) is 3.20. The molecule has 1 saturated heterocycles. The lowest BCUT2D eigenvalue weighted by Gasteiger charge is -2.43. The third kappa shape index (κ3) is 7.01. The van der Waals surface area contributed by atoms with E-state index in [1.165, 1.54) is 25.7 Å². The fourth-order valence-corrected chi connectivity index (χ4v) is 4.75. The summed E-state index contributed by atoms with van der Waals surface area (Å²) in [5.41, 5.74) is 0. The van der Waals surface area contributed by atoms with Crippen molar-refractivity contribution >= 4 is 10.0 Å². The summed E-state index contributed by atoms with van der Waals surface area (Å²) in [5, 5.41) is 0. The fraction of sp³-hybridized carbons (Fsp3) is 1.00. The van der Waals surface area contributed by atoms with Crippen LogP contribution < -0.4 is 24.0 Å². The maximum Gasteiger partial charge on any atom is 0.214 e. The zero-order chi connectivity index (χ0) is 15.8. The largest absolute Gasteiger partial charge is 1.00 e. The summed E-state index contributed by atoms with van der Waals surface area (Å²) >= 11 is 0. The molecule has 1 aliphatic heterocycles. The Labute approximate surface area is 155 Å². The zero-order valence-electron chi connectivity index (χ0n) is 14.7. The Morgan fingerprint density at radius 3 is 1.86 bits per heavy atom. The third-order valence-corrected chi connectivity index (χ3v) is 7.09. The van der Waals surface area contributed by atoms with Crippen LogP contribution in [0.15, 0.2) is 0 Å². The van der Waals surface area contributed by atoms with Crippen LogP contribution in [0.1, 0.15) is 59.3 Å². The summed E-state index contributed by atoms with van der Waals surface area (Å²) in [6.45, 7) is 12.2. The van der Waals surface area contributed by atoms with Crippen LogP contribution in [0, 0.1) is 0 Å². The maximum absolute atomic E-state index is 12.4. The smallest absolute Gasteiger partial charge is 0.214 e. The second-order valence-electron chi connectivity index (χ2n) is 6.40. The number of piperazine rings is 1. The van der Waals surface area contributed by atoms with Crippen molar-refractivity contribution in [3.05, 3.63) is 0 Å². The van der Waals surface area contributed by atoms with Crippen LogP contribution in [0.2, 0.25) is 0 Å². The van der Waals surface area contributed by atoms with E-state index in [0.717, 1.165) is 43.5 Å². The van der Waals surface area contributed by atoms with Gasteiger partial charge >= 0.3 is 0 Å². The van der Waals surface area contributed by atoms with E-state index < -0.39 is 10.0 Å². The van der Waals surface area contributed by atoms with E-state index in [9.17, 15) is 8.42 Å². The molecular weight excluding hydrogens is 411 g/mol. The Kier molecular flexibility index (Phi) is 11.5. The summed E-state index contributed by atoms with van der Waals surface area (Å²) in [4.78, 5) is 0. The number of rotatable bonds is 10. The first-order valence-corrected chi connectivity index (χ1v) is 10.4. The van der Waals surface area contributed by atoms with Crippen molar-refractivity contribution in [3.63, 3.8) is 0 Å². The summed E-state index contributed by atoms with van der Waals surface area (Å²) < 4.78 is 27.6. The Hall–Kier alpha value is 0.600. The van der Waals surface area contributed by atoms with E-state index >= 15 is 0 Å². The molecule has 0 radical (unpaired) electrons. The van der Waals surface area contributed by atoms with Gasteiger partial charge < -0.3 is 28.5 Å². The molecule has 0 aromatic heterocycles. The predicted molar refractivity (Wildman–Crippen MR) is 89.8 cm³/mol. The molecule has 0 unspecified atom stereocenters. The number of likely N-dealkylation sites (N-methyl/N-ethyl adjacent to an activating group) is 1. The number of hydrogen-bond acceptors (Lipinski definition) is 2. The molecule has 1 heterocycles. The molecule has 134 valence electrons. The van der Waals surface area contributed by atoms with Crippen LogP contribution in [0.4, 0.5) is 0 Å². The van der Waals surface area contributed by atoms with Gasteiger partial charge in [-0.15, -0.1) is 0 Å². The standard InChI is InChI=1S/C16H35N2O2S.HI/c1-4-7-8-9-10-11-16-21(19,20)17-12-14-18(5-2,6-3)15-13-17;/h4-16H2,1-3H3;1H/q+1;/p-1. The van der Waals surface area contributed by atoms with Crippen LogP contribution >= 0.6 is 0 Å². The zero-order valence-corrected chi connectivity index (χ0v) is 17.7. The molecule has 1 aliphatic rings. The molecule has 0 atom stereocenters. The first-order valence-electron chi connectivity index (χ1n) is 8.82. The van der Waals surface area contributed by atoms with Gasteiger partial charge in [-0.1, -0.05) is 39.0 Å². The molecule has 0 spiro atoms. The van der Waals surface area contributed by atoms with Crippen LogP contribution in [-0.2, 0) is 10.0 Å². The molecule has 0 bridgehead atoms. The minimum absolute atomic E-state index is 0. The van der Waals surface area contributed by atoms with Crippen molar-refractivity contribution in [2.45, 2.75) is 59.3 Å². The second kappa shape index (κ2) is 11.2. The van der Waals surface area contributed by atoms with E-state index in [-0.39, 0.29) is 24.0 Å².